The van der Waals surface area contributed by atoms with E-state index in [0.29, 0.717) is 11.8 Å². The number of aromatic nitrogens is 4. The molecule has 0 unspecified atom stereocenters. The maximum Gasteiger partial charge on any atom is 0.225 e. The van der Waals surface area contributed by atoms with Crippen LogP contribution in [0.15, 0.2) is 48.7 Å². The highest BCUT2D eigenvalue weighted by molar-refractivity contribution is 6.28. The highest BCUT2D eigenvalue weighted by Crippen LogP contribution is 2.21. The molecular formula is C15H13ClN4. The summed E-state index contributed by atoms with van der Waals surface area (Å²) in [6, 6.07) is 13.9. The number of halogens is 1. The number of rotatable bonds is 3. The van der Waals surface area contributed by atoms with Crippen LogP contribution in [0.25, 0.3) is 11.4 Å². The van der Waals surface area contributed by atoms with E-state index in [4.69, 9.17) is 11.6 Å². The molecule has 0 saturated heterocycles. The molecule has 20 heavy (non-hydrogen) atoms. The van der Waals surface area contributed by atoms with Crippen LogP contribution in [0.1, 0.15) is 11.3 Å². The van der Waals surface area contributed by atoms with E-state index in [2.05, 4.69) is 15.2 Å². The molecular weight excluding hydrogens is 272 g/mol. The van der Waals surface area contributed by atoms with Gasteiger partial charge in [0.2, 0.25) is 5.28 Å². The lowest BCUT2D eigenvalue weighted by Gasteiger charge is -2.08. The van der Waals surface area contributed by atoms with Gasteiger partial charge in [-0.1, -0.05) is 36.4 Å². The Labute approximate surface area is 122 Å². The molecule has 3 rings (SSSR count). The van der Waals surface area contributed by atoms with Crippen molar-refractivity contribution in [1.82, 2.24) is 19.7 Å². The van der Waals surface area contributed by atoms with Crippen LogP contribution in [0.2, 0.25) is 5.28 Å². The van der Waals surface area contributed by atoms with E-state index in [-0.39, 0.29) is 0 Å². The number of hydrogen-bond donors (Lipinski definition) is 0. The number of aryl methyl sites for hydroxylation is 1. The quantitative estimate of drug-likeness (QED) is 0.741. The number of hydrogen-bond acceptors (Lipinski definition) is 3. The molecule has 0 radical (unpaired) electrons. The molecule has 0 amide bonds. The Balaban J connectivity index is 1.97. The van der Waals surface area contributed by atoms with Crippen molar-refractivity contribution in [1.29, 1.82) is 0 Å². The van der Waals surface area contributed by atoms with E-state index in [1.54, 1.807) is 0 Å². The summed E-state index contributed by atoms with van der Waals surface area (Å²) in [6.45, 7) is 2.56. The molecule has 0 N–H and O–H groups in total. The fourth-order valence-electron chi connectivity index (χ4n) is 2.00. The average molecular weight is 285 g/mol. The lowest BCUT2D eigenvalue weighted by atomic mass is 10.2. The number of benzene rings is 1. The van der Waals surface area contributed by atoms with Gasteiger partial charge in [0, 0.05) is 17.5 Å². The summed E-state index contributed by atoms with van der Waals surface area (Å²) in [7, 11) is 0. The summed E-state index contributed by atoms with van der Waals surface area (Å²) < 4.78 is 1.88. The molecule has 2 heterocycles. The number of nitrogens with zero attached hydrogens (tertiary/aromatic N) is 4. The zero-order chi connectivity index (χ0) is 13.9. The zero-order valence-corrected chi connectivity index (χ0v) is 11.7. The van der Waals surface area contributed by atoms with Crippen molar-refractivity contribution >= 4 is 11.6 Å². The largest absolute Gasteiger partial charge is 0.293 e. The second kappa shape index (κ2) is 5.43. The molecule has 0 spiro atoms. The fourth-order valence-corrected chi connectivity index (χ4v) is 2.18. The normalized spacial score (nSPS) is 10.7. The third kappa shape index (κ3) is 2.56. The molecule has 0 atom stereocenters. The fraction of sp³-hybridized carbons (Fsp3) is 0.133. The smallest absolute Gasteiger partial charge is 0.225 e. The molecule has 5 heteroatoms. The van der Waals surface area contributed by atoms with Gasteiger partial charge in [-0.2, -0.15) is 0 Å². The third-order valence-electron chi connectivity index (χ3n) is 3.05. The van der Waals surface area contributed by atoms with Gasteiger partial charge in [-0.3, -0.25) is 9.55 Å². The Morgan fingerprint density at radius 3 is 2.55 bits per heavy atom. The molecule has 4 nitrogen and oxygen atoms in total. The molecule has 2 aromatic heterocycles. The lowest BCUT2D eigenvalue weighted by molar-refractivity contribution is 0.798. The molecule has 1 aromatic carbocycles. The van der Waals surface area contributed by atoms with E-state index in [0.717, 1.165) is 22.6 Å². The summed E-state index contributed by atoms with van der Waals surface area (Å²) in [5, 5.41) is 8.50. The summed E-state index contributed by atoms with van der Waals surface area (Å²) in [6.07, 6.45) is 1.85. The monoisotopic (exact) mass is 284 g/mol. The summed E-state index contributed by atoms with van der Waals surface area (Å²) in [4.78, 5) is 4.29. The second-order valence-corrected chi connectivity index (χ2v) is 4.89. The van der Waals surface area contributed by atoms with Crippen LogP contribution in [0.4, 0.5) is 0 Å². The standard InChI is InChI=1S/C15H13ClN4/c1-11-7-8-12(9-17-11)10-20-14(18-19-15(20)16)13-5-3-2-4-6-13/h2-9H,10H2,1H3. The molecule has 0 aliphatic heterocycles. The zero-order valence-electron chi connectivity index (χ0n) is 11.0. The second-order valence-electron chi connectivity index (χ2n) is 4.55. The Hall–Kier alpha value is -2.20. The Morgan fingerprint density at radius 1 is 1.05 bits per heavy atom. The van der Waals surface area contributed by atoms with Crippen LogP contribution in [0.3, 0.4) is 0 Å². The SMILES string of the molecule is Cc1ccc(Cn2c(Cl)nnc2-c2ccccc2)cn1. The van der Waals surface area contributed by atoms with Crippen molar-refractivity contribution in [2.75, 3.05) is 0 Å². The van der Waals surface area contributed by atoms with Gasteiger partial charge in [0.1, 0.15) is 0 Å². The van der Waals surface area contributed by atoms with E-state index >= 15 is 0 Å². The van der Waals surface area contributed by atoms with Gasteiger partial charge < -0.3 is 0 Å². The average Bonchev–Trinajstić information content (AvgIpc) is 2.84. The minimum atomic E-state index is 0.379. The third-order valence-corrected chi connectivity index (χ3v) is 3.33. The van der Waals surface area contributed by atoms with Gasteiger partial charge in [-0.05, 0) is 30.2 Å². The molecule has 3 aromatic rings. The molecule has 0 aliphatic carbocycles. The highest BCUT2D eigenvalue weighted by Gasteiger charge is 2.12. The van der Waals surface area contributed by atoms with Crippen molar-refractivity contribution in [2.24, 2.45) is 0 Å². The summed E-state index contributed by atoms with van der Waals surface area (Å²) >= 11 is 6.14. The predicted octanol–water partition coefficient (Wildman–Crippen LogP) is 3.35. The van der Waals surface area contributed by atoms with E-state index in [9.17, 15) is 0 Å². The molecule has 0 aliphatic rings. The Bertz CT molecular complexity index is 704. The molecule has 0 bridgehead atoms. The van der Waals surface area contributed by atoms with Crippen LogP contribution in [-0.2, 0) is 6.54 Å². The predicted molar refractivity (Wildman–Crippen MR) is 78.5 cm³/mol. The maximum atomic E-state index is 6.14. The Morgan fingerprint density at radius 2 is 1.85 bits per heavy atom. The van der Waals surface area contributed by atoms with Crippen LogP contribution in [0.5, 0.6) is 0 Å². The minimum Gasteiger partial charge on any atom is -0.293 e. The first-order valence-electron chi connectivity index (χ1n) is 6.30. The first kappa shape index (κ1) is 12.8. The van der Waals surface area contributed by atoms with Gasteiger partial charge in [0.25, 0.3) is 0 Å². The van der Waals surface area contributed by atoms with Crippen LogP contribution >= 0.6 is 11.6 Å². The first-order chi connectivity index (χ1) is 9.74. The summed E-state index contributed by atoms with van der Waals surface area (Å²) in [5.41, 5.74) is 3.05. The summed E-state index contributed by atoms with van der Waals surface area (Å²) in [5.74, 6) is 0.760. The maximum absolute atomic E-state index is 6.14. The Kier molecular flexibility index (Phi) is 3.48. The highest BCUT2D eigenvalue weighted by atomic mass is 35.5. The van der Waals surface area contributed by atoms with Crippen LogP contribution < -0.4 is 0 Å². The van der Waals surface area contributed by atoms with E-state index in [1.807, 2.05) is 60.2 Å². The van der Waals surface area contributed by atoms with Crippen molar-refractivity contribution in [3.63, 3.8) is 0 Å². The van der Waals surface area contributed by atoms with E-state index in [1.165, 1.54) is 0 Å². The number of pyridine rings is 1. The molecule has 0 fully saturated rings. The van der Waals surface area contributed by atoms with E-state index < -0.39 is 0 Å². The van der Waals surface area contributed by atoms with Crippen molar-refractivity contribution < 1.29 is 0 Å². The van der Waals surface area contributed by atoms with Crippen molar-refractivity contribution in [3.05, 3.63) is 65.2 Å². The minimum absolute atomic E-state index is 0.379. The van der Waals surface area contributed by atoms with Gasteiger partial charge >= 0.3 is 0 Å². The first-order valence-corrected chi connectivity index (χ1v) is 6.67. The van der Waals surface area contributed by atoms with Gasteiger partial charge in [0.15, 0.2) is 5.82 Å². The van der Waals surface area contributed by atoms with Gasteiger partial charge in [-0.25, -0.2) is 0 Å². The molecule has 100 valence electrons. The van der Waals surface area contributed by atoms with Gasteiger partial charge in [0.05, 0.1) is 6.54 Å². The van der Waals surface area contributed by atoms with Crippen molar-refractivity contribution in [3.8, 4) is 11.4 Å². The topological polar surface area (TPSA) is 43.6 Å². The van der Waals surface area contributed by atoms with Crippen LogP contribution in [-0.4, -0.2) is 19.7 Å². The lowest BCUT2D eigenvalue weighted by Crippen LogP contribution is -2.03. The van der Waals surface area contributed by atoms with Gasteiger partial charge in [-0.15, -0.1) is 10.2 Å². The van der Waals surface area contributed by atoms with Crippen LogP contribution in [0, 0.1) is 6.92 Å². The molecule has 0 saturated carbocycles. The van der Waals surface area contributed by atoms with Crippen molar-refractivity contribution in [2.45, 2.75) is 13.5 Å².